The largest absolute Gasteiger partial charge is 0.338 e. The molecule has 2 aliphatic heterocycles. The van der Waals surface area contributed by atoms with Gasteiger partial charge in [0, 0.05) is 31.6 Å². The van der Waals surface area contributed by atoms with E-state index in [1.54, 1.807) is 0 Å². The van der Waals surface area contributed by atoms with Crippen LogP contribution in [0.5, 0.6) is 0 Å². The van der Waals surface area contributed by atoms with Gasteiger partial charge in [0.05, 0.1) is 23.1 Å². The Bertz CT molecular complexity index is 816. The first-order valence-electron chi connectivity index (χ1n) is 9.65. The van der Waals surface area contributed by atoms with Gasteiger partial charge in [0.25, 0.3) is 0 Å². The fourth-order valence-corrected chi connectivity index (χ4v) is 4.53. The molecule has 132 valence electrons. The van der Waals surface area contributed by atoms with Crippen LogP contribution in [0.2, 0.25) is 0 Å². The van der Waals surface area contributed by atoms with Crippen molar-refractivity contribution in [1.29, 1.82) is 0 Å². The molecule has 3 heterocycles. The molecule has 1 unspecified atom stereocenters. The maximum Gasteiger partial charge on any atom is 0.240 e. The summed E-state index contributed by atoms with van der Waals surface area (Å²) in [4.78, 5) is 22.0. The lowest BCUT2D eigenvalue weighted by molar-refractivity contribution is -0.134. The smallest absolute Gasteiger partial charge is 0.240 e. The van der Waals surface area contributed by atoms with E-state index in [9.17, 15) is 4.79 Å². The van der Waals surface area contributed by atoms with Crippen molar-refractivity contribution in [3.8, 4) is 0 Å². The number of amides is 1. The van der Waals surface area contributed by atoms with Crippen molar-refractivity contribution >= 4 is 16.9 Å². The normalized spacial score (nSPS) is 25.3. The van der Waals surface area contributed by atoms with Crippen LogP contribution >= 0.6 is 0 Å². The minimum atomic E-state index is 0.120. The number of carbonyl (C=O) groups excluding carboxylic acids is 1. The average molecular weight is 338 g/mol. The van der Waals surface area contributed by atoms with E-state index in [2.05, 4.69) is 52.5 Å². The van der Waals surface area contributed by atoms with E-state index in [0.29, 0.717) is 23.9 Å². The number of rotatable bonds is 4. The summed E-state index contributed by atoms with van der Waals surface area (Å²) in [7, 11) is 0. The molecule has 1 amide bonds. The van der Waals surface area contributed by atoms with E-state index in [4.69, 9.17) is 4.98 Å². The van der Waals surface area contributed by atoms with E-state index in [1.807, 2.05) is 0 Å². The number of aromatic nitrogens is 2. The van der Waals surface area contributed by atoms with Crippen LogP contribution in [0.15, 0.2) is 24.3 Å². The van der Waals surface area contributed by atoms with Crippen molar-refractivity contribution in [3.63, 3.8) is 0 Å². The third kappa shape index (κ3) is 2.40. The van der Waals surface area contributed by atoms with Crippen LogP contribution in [0.4, 0.5) is 0 Å². The number of nitrogens with zero attached hydrogens (tertiary/aromatic N) is 4. The highest BCUT2D eigenvalue weighted by atomic mass is 16.2. The number of imidazole rings is 1. The Morgan fingerprint density at radius 1 is 1.08 bits per heavy atom. The van der Waals surface area contributed by atoms with Crippen LogP contribution < -0.4 is 0 Å². The molecule has 1 aliphatic carbocycles. The van der Waals surface area contributed by atoms with Gasteiger partial charge in [0.2, 0.25) is 5.91 Å². The number of likely N-dealkylation sites (tertiary alicyclic amines) is 2. The molecule has 5 rings (SSSR count). The predicted octanol–water partition coefficient (Wildman–Crippen LogP) is 2.78. The molecule has 1 aromatic heterocycles. The molecule has 2 saturated heterocycles. The summed E-state index contributed by atoms with van der Waals surface area (Å²) in [5.74, 6) is 1.95. The van der Waals surface area contributed by atoms with Crippen LogP contribution in [-0.2, 0) is 4.79 Å². The van der Waals surface area contributed by atoms with Crippen molar-refractivity contribution in [2.45, 2.75) is 57.2 Å². The van der Waals surface area contributed by atoms with Crippen LogP contribution in [0, 0.1) is 0 Å². The van der Waals surface area contributed by atoms with Gasteiger partial charge in [-0.2, -0.15) is 0 Å². The molecular formula is C20H26N4O. The second-order valence-electron chi connectivity index (χ2n) is 8.16. The number of fused-ring (bicyclic) bond motifs is 1. The first-order chi connectivity index (χ1) is 12.1. The highest BCUT2D eigenvalue weighted by Crippen LogP contribution is 2.36. The van der Waals surface area contributed by atoms with Gasteiger partial charge in [-0.3, -0.25) is 9.69 Å². The molecule has 0 N–H and O–H groups in total. The number of para-hydroxylation sites is 2. The van der Waals surface area contributed by atoms with E-state index in [-0.39, 0.29) is 6.04 Å². The SMILES string of the molecule is CC(C)c1nc2ccccc2n1C1CN(C2CCN(C3CC3)C2=O)C1. The van der Waals surface area contributed by atoms with Crippen molar-refractivity contribution in [2.24, 2.45) is 0 Å². The topological polar surface area (TPSA) is 41.4 Å². The fourth-order valence-electron chi connectivity index (χ4n) is 4.53. The molecule has 0 spiro atoms. The zero-order valence-electron chi connectivity index (χ0n) is 15.1. The first-order valence-corrected chi connectivity index (χ1v) is 9.65. The Kier molecular flexibility index (Phi) is 3.42. The summed E-state index contributed by atoms with van der Waals surface area (Å²) in [6, 6.07) is 9.53. The molecule has 5 nitrogen and oxygen atoms in total. The number of hydrogen-bond acceptors (Lipinski definition) is 3. The van der Waals surface area contributed by atoms with Crippen LogP contribution in [0.25, 0.3) is 11.0 Å². The molecule has 5 heteroatoms. The summed E-state index contributed by atoms with van der Waals surface area (Å²) in [6.45, 7) is 7.31. The monoisotopic (exact) mass is 338 g/mol. The number of benzene rings is 1. The Balaban J connectivity index is 1.36. The van der Waals surface area contributed by atoms with E-state index < -0.39 is 0 Å². The number of hydrogen-bond donors (Lipinski definition) is 0. The van der Waals surface area contributed by atoms with Crippen LogP contribution in [0.3, 0.4) is 0 Å². The Hall–Kier alpha value is -1.88. The van der Waals surface area contributed by atoms with Gasteiger partial charge in [-0.15, -0.1) is 0 Å². The van der Waals surface area contributed by atoms with Crippen LogP contribution in [-0.4, -0.2) is 57.0 Å². The molecule has 0 bridgehead atoms. The summed E-state index contributed by atoms with van der Waals surface area (Å²) in [5, 5.41) is 0. The highest BCUT2D eigenvalue weighted by Gasteiger charge is 2.46. The Morgan fingerprint density at radius 2 is 1.84 bits per heavy atom. The molecule has 1 atom stereocenters. The van der Waals surface area contributed by atoms with Crippen molar-refractivity contribution in [1.82, 2.24) is 19.4 Å². The average Bonchev–Trinajstić information content (AvgIpc) is 3.23. The van der Waals surface area contributed by atoms with Crippen molar-refractivity contribution in [2.75, 3.05) is 19.6 Å². The molecule has 3 aliphatic rings. The fraction of sp³-hybridized carbons (Fsp3) is 0.600. The molecule has 1 aromatic carbocycles. The third-order valence-corrected chi connectivity index (χ3v) is 6.04. The number of carbonyl (C=O) groups is 1. The van der Waals surface area contributed by atoms with E-state index in [1.165, 1.54) is 24.2 Å². The third-order valence-electron chi connectivity index (χ3n) is 6.04. The van der Waals surface area contributed by atoms with Gasteiger partial charge >= 0.3 is 0 Å². The van der Waals surface area contributed by atoms with Crippen molar-refractivity contribution in [3.05, 3.63) is 30.1 Å². The molecule has 0 radical (unpaired) electrons. The lowest BCUT2D eigenvalue weighted by Crippen LogP contribution is -2.55. The first kappa shape index (κ1) is 15.4. The quantitative estimate of drug-likeness (QED) is 0.861. The van der Waals surface area contributed by atoms with Gasteiger partial charge in [-0.25, -0.2) is 4.98 Å². The second kappa shape index (κ2) is 5.56. The van der Waals surface area contributed by atoms with E-state index in [0.717, 1.165) is 31.6 Å². The zero-order chi connectivity index (χ0) is 17.1. The molecule has 25 heavy (non-hydrogen) atoms. The minimum Gasteiger partial charge on any atom is -0.338 e. The molecule has 1 saturated carbocycles. The maximum atomic E-state index is 12.7. The lowest BCUT2D eigenvalue weighted by Gasteiger charge is -2.43. The summed E-state index contributed by atoms with van der Waals surface area (Å²) < 4.78 is 2.43. The van der Waals surface area contributed by atoms with Gasteiger partial charge in [0.1, 0.15) is 5.82 Å². The van der Waals surface area contributed by atoms with E-state index >= 15 is 0 Å². The van der Waals surface area contributed by atoms with Gasteiger partial charge < -0.3 is 9.47 Å². The lowest BCUT2D eigenvalue weighted by atomic mass is 10.0. The second-order valence-corrected chi connectivity index (χ2v) is 8.16. The summed E-state index contributed by atoms with van der Waals surface area (Å²) in [6.07, 6.45) is 3.42. The highest BCUT2D eigenvalue weighted by molar-refractivity contribution is 5.84. The van der Waals surface area contributed by atoms with Gasteiger partial charge in [-0.1, -0.05) is 26.0 Å². The molecular weight excluding hydrogens is 312 g/mol. The summed E-state index contributed by atoms with van der Waals surface area (Å²) >= 11 is 0. The van der Waals surface area contributed by atoms with Crippen LogP contribution in [0.1, 0.15) is 50.9 Å². The maximum absolute atomic E-state index is 12.7. The standard InChI is InChI=1S/C20H26N4O/c1-13(2)19-21-16-5-3-4-6-17(16)24(19)15-11-22(12-15)18-9-10-23(20(18)25)14-7-8-14/h3-6,13-15,18H,7-12H2,1-2H3. The molecule has 2 aromatic rings. The van der Waals surface area contributed by atoms with Gasteiger partial charge in [-0.05, 0) is 31.4 Å². The molecule has 3 fully saturated rings. The van der Waals surface area contributed by atoms with Gasteiger partial charge in [0.15, 0.2) is 0 Å². The summed E-state index contributed by atoms with van der Waals surface area (Å²) in [5.41, 5.74) is 2.31. The predicted molar refractivity (Wildman–Crippen MR) is 97.6 cm³/mol. The zero-order valence-corrected chi connectivity index (χ0v) is 15.1. The minimum absolute atomic E-state index is 0.120. The van der Waals surface area contributed by atoms with Crippen molar-refractivity contribution < 1.29 is 4.79 Å². The Morgan fingerprint density at radius 3 is 2.56 bits per heavy atom. The Labute approximate surface area is 148 Å².